The van der Waals surface area contributed by atoms with Gasteiger partial charge in [-0.05, 0) is 0 Å². The Morgan fingerprint density at radius 2 is 2.17 bits per heavy atom. The number of aryl methyl sites for hydroxylation is 1. The summed E-state index contributed by atoms with van der Waals surface area (Å²) in [5, 5.41) is 9.01. The normalized spacial score (nSPS) is 12.0. The summed E-state index contributed by atoms with van der Waals surface area (Å²) in [7, 11) is 0. The number of nitrogens with zero attached hydrogens (tertiary/aromatic N) is 4. The fourth-order valence-electron chi connectivity index (χ4n) is 1.50. The highest BCUT2D eigenvalue weighted by Crippen LogP contribution is 2.22. The third-order valence-electron chi connectivity index (χ3n) is 2.53. The minimum Gasteiger partial charge on any atom is -0.443 e. The first-order chi connectivity index (χ1) is 8.49. The molecule has 2 aromatic heterocycles. The van der Waals surface area contributed by atoms with Crippen LogP contribution >= 0.6 is 15.9 Å². The van der Waals surface area contributed by atoms with Crippen LogP contribution in [0.4, 0.5) is 0 Å². The molecule has 2 aromatic rings. The maximum absolute atomic E-state index is 5.71. The van der Waals surface area contributed by atoms with Gasteiger partial charge in [0.25, 0.3) is 0 Å². The fourth-order valence-corrected chi connectivity index (χ4v) is 1.90. The Bertz CT molecular complexity index is 512. The van der Waals surface area contributed by atoms with Crippen LogP contribution in [0.3, 0.4) is 0 Å². The minimum absolute atomic E-state index is 0.0191. The number of hydrogen-bond donors (Lipinski definition) is 0. The van der Waals surface area contributed by atoms with E-state index in [4.69, 9.17) is 4.42 Å². The van der Waals surface area contributed by atoms with Gasteiger partial charge in [-0.15, -0.1) is 5.10 Å². The van der Waals surface area contributed by atoms with E-state index in [0.29, 0.717) is 12.4 Å². The molecule has 0 spiro atoms. The average molecular weight is 313 g/mol. The topological polar surface area (TPSA) is 56.7 Å². The monoisotopic (exact) mass is 312 g/mol. The zero-order chi connectivity index (χ0) is 13.2. The first-order valence-corrected chi connectivity index (χ1v) is 7.01. The molecule has 0 aromatic carbocycles. The van der Waals surface area contributed by atoms with E-state index < -0.39 is 0 Å². The standard InChI is InChI=1S/C12H17BrN4O/c1-12(2,3)10-6-14-11(18-10)8-17-7-9(4-5-13)15-16-17/h6-7H,4-5,8H2,1-3H3. The van der Waals surface area contributed by atoms with Crippen LogP contribution in [0, 0.1) is 0 Å². The molecule has 0 aliphatic heterocycles. The third kappa shape index (κ3) is 3.19. The van der Waals surface area contributed by atoms with E-state index in [-0.39, 0.29) is 5.41 Å². The number of hydrogen-bond acceptors (Lipinski definition) is 4. The molecule has 2 rings (SSSR count). The molecule has 0 fully saturated rings. The Balaban J connectivity index is 2.06. The first kappa shape index (κ1) is 13.3. The molecule has 5 nitrogen and oxygen atoms in total. The Morgan fingerprint density at radius 1 is 1.39 bits per heavy atom. The van der Waals surface area contributed by atoms with Gasteiger partial charge in [-0.3, -0.25) is 0 Å². The van der Waals surface area contributed by atoms with Gasteiger partial charge >= 0.3 is 0 Å². The van der Waals surface area contributed by atoms with Crippen LogP contribution in [-0.2, 0) is 18.4 Å². The maximum Gasteiger partial charge on any atom is 0.216 e. The van der Waals surface area contributed by atoms with Gasteiger partial charge in [-0.1, -0.05) is 41.9 Å². The highest BCUT2D eigenvalue weighted by Gasteiger charge is 2.19. The van der Waals surface area contributed by atoms with Gasteiger partial charge in [0, 0.05) is 23.4 Å². The summed E-state index contributed by atoms with van der Waals surface area (Å²) in [6.45, 7) is 6.81. The lowest BCUT2D eigenvalue weighted by atomic mass is 9.94. The van der Waals surface area contributed by atoms with Gasteiger partial charge < -0.3 is 4.42 Å². The van der Waals surface area contributed by atoms with Crippen molar-refractivity contribution in [3.8, 4) is 0 Å². The number of rotatable bonds is 4. The van der Waals surface area contributed by atoms with Crippen molar-refractivity contribution in [2.45, 2.75) is 39.2 Å². The average Bonchev–Trinajstić information content (AvgIpc) is 2.88. The molecule has 0 radical (unpaired) electrons. The molecular formula is C12H17BrN4O. The summed E-state index contributed by atoms with van der Waals surface area (Å²) in [6, 6.07) is 0. The number of aromatic nitrogens is 4. The minimum atomic E-state index is -0.0191. The van der Waals surface area contributed by atoms with Crippen LogP contribution < -0.4 is 0 Å². The summed E-state index contributed by atoms with van der Waals surface area (Å²) in [4.78, 5) is 4.27. The van der Waals surface area contributed by atoms with Crippen molar-refractivity contribution in [2.75, 3.05) is 5.33 Å². The predicted octanol–water partition coefficient (Wildman–Crippen LogP) is 2.55. The Kier molecular flexibility index (Phi) is 3.85. The van der Waals surface area contributed by atoms with E-state index in [1.54, 1.807) is 10.9 Å². The highest BCUT2D eigenvalue weighted by molar-refractivity contribution is 9.09. The highest BCUT2D eigenvalue weighted by atomic mass is 79.9. The summed E-state index contributed by atoms with van der Waals surface area (Å²) in [6.07, 6.45) is 4.58. The molecule has 0 bridgehead atoms. The SMILES string of the molecule is CC(C)(C)c1cnc(Cn2cc(CCBr)nn2)o1. The van der Waals surface area contributed by atoms with E-state index in [9.17, 15) is 0 Å². The molecule has 0 N–H and O–H groups in total. The summed E-state index contributed by atoms with van der Waals surface area (Å²) in [5.41, 5.74) is 0.948. The fraction of sp³-hybridized carbons (Fsp3) is 0.583. The lowest BCUT2D eigenvalue weighted by molar-refractivity contribution is 0.371. The Hall–Kier alpha value is -1.17. The number of alkyl halides is 1. The van der Waals surface area contributed by atoms with Crippen molar-refractivity contribution in [2.24, 2.45) is 0 Å². The molecule has 0 saturated carbocycles. The zero-order valence-corrected chi connectivity index (χ0v) is 12.4. The molecule has 0 unspecified atom stereocenters. The summed E-state index contributed by atoms with van der Waals surface area (Å²) in [5.74, 6) is 1.55. The maximum atomic E-state index is 5.71. The van der Waals surface area contributed by atoms with Crippen molar-refractivity contribution < 1.29 is 4.42 Å². The smallest absolute Gasteiger partial charge is 0.216 e. The molecule has 98 valence electrons. The van der Waals surface area contributed by atoms with Gasteiger partial charge in [-0.2, -0.15) is 0 Å². The Morgan fingerprint density at radius 3 is 2.78 bits per heavy atom. The van der Waals surface area contributed by atoms with Crippen LogP contribution in [0.25, 0.3) is 0 Å². The number of halogens is 1. The van der Waals surface area contributed by atoms with Crippen molar-refractivity contribution in [3.63, 3.8) is 0 Å². The third-order valence-corrected chi connectivity index (χ3v) is 2.92. The van der Waals surface area contributed by atoms with Crippen LogP contribution in [-0.4, -0.2) is 25.3 Å². The van der Waals surface area contributed by atoms with Crippen LogP contribution in [0.2, 0.25) is 0 Å². The molecule has 0 saturated heterocycles. The molecule has 18 heavy (non-hydrogen) atoms. The van der Waals surface area contributed by atoms with Crippen molar-refractivity contribution in [1.29, 1.82) is 0 Å². The van der Waals surface area contributed by atoms with E-state index >= 15 is 0 Å². The zero-order valence-electron chi connectivity index (χ0n) is 10.9. The van der Waals surface area contributed by atoms with Gasteiger partial charge in [0.15, 0.2) is 0 Å². The van der Waals surface area contributed by atoms with E-state index in [1.807, 2.05) is 6.20 Å². The molecule has 0 aliphatic rings. The molecule has 0 aliphatic carbocycles. The summed E-state index contributed by atoms with van der Waals surface area (Å²) >= 11 is 3.38. The largest absolute Gasteiger partial charge is 0.443 e. The lowest BCUT2D eigenvalue weighted by Crippen LogP contribution is -2.09. The molecular weight excluding hydrogens is 296 g/mol. The second kappa shape index (κ2) is 5.22. The first-order valence-electron chi connectivity index (χ1n) is 5.89. The molecule has 0 amide bonds. The van der Waals surface area contributed by atoms with E-state index in [0.717, 1.165) is 23.2 Å². The van der Waals surface area contributed by atoms with E-state index in [2.05, 4.69) is 52.0 Å². The lowest BCUT2D eigenvalue weighted by Gasteiger charge is -2.12. The molecule has 6 heteroatoms. The van der Waals surface area contributed by atoms with Crippen molar-refractivity contribution in [1.82, 2.24) is 20.0 Å². The van der Waals surface area contributed by atoms with Crippen LogP contribution in [0.1, 0.15) is 38.1 Å². The number of oxazole rings is 1. The molecule has 0 atom stereocenters. The van der Waals surface area contributed by atoms with Crippen LogP contribution in [0.15, 0.2) is 16.8 Å². The predicted molar refractivity (Wildman–Crippen MR) is 71.8 cm³/mol. The van der Waals surface area contributed by atoms with E-state index in [1.165, 1.54) is 0 Å². The van der Waals surface area contributed by atoms with Crippen molar-refractivity contribution >= 4 is 15.9 Å². The van der Waals surface area contributed by atoms with Gasteiger partial charge in [0.2, 0.25) is 5.89 Å². The second-order valence-electron chi connectivity index (χ2n) is 5.21. The van der Waals surface area contributed by atoms with Crippen LogP contribution in [0.5, 0.6) is 0 Å². The van der Waals surface area contributed by atoms with Gasteiger partial charge in [0.05, 0.1) is 11.9 Å². The molecule has 2 heterocycles. The Labute approximate surface area is 115 Å². The summed E-state index contributed by atoms with van der Waals surface area (Å²) < 4.78 is 7.46. The van der Waals surface area contributed by atoms with Gasteiger partial charge in [-0.25, -0.2) is 9.67 Å². The van der Waals surface area contributed by atoms with Gasteiger partial charge in [0.1, 0.15) is 12.3 Å². The van der Waals surface area contributed by atoms with Crippen molar-refractivity contribution in [3.05, 3.63) is 29.7 Å². The second-order valence-corrected chi connectivity index (χ2v) is 6.01. The quantitative estimate of drug-likeness (QED) is 0.814.